The molecule has 0 bridgehead atoms. The van der Waals surface area contributed by atoms with E-state index >= 15 is 0 Å². The third kappa shape index (κ3) is 6.73. The zero-order chi connectivity index (χ0) is 30.7. The summed E-state index contributed by atoms with van der Waals surface area (Å²) in [6.45, 7) is 16.1. The van der Waals surface area contributed by atoms with Gasteiger partial charge in [-0.3, -0.25) is 0 Å². The number of imidazole rings is 1. The van der Waals surface area contributed by atoms with Gasteiger partial charge in [0.15, 0.2) is 0 Å². The Morgan fingerprint density at radius 2 is 1.68 bits per heavy atom. The van der Waals surface area contributed by atoms with Crippen molar-refractivity contribution >= 4 is 0 Å². The normalized spacial score (nSPS) is 37.4. The molecule has 44 heavy (non-hydrogen) atoms. The van der Waals surface area contributed by atoms with E-state index in [9.17, 15) is 0 Å². The van der Waals surface area contributed by atoms with E-state index in [2.05, 4.69) is 91.3 Å². The molecular formula is C40H64N4. The summed E-state index contributed by atoms with van der Waals surface area (Å²) in [5.41, 5.74) is 2.52. The largest absolute Gasteiger partial charge is 0.336 e. The highest BCUT2D eigenvalue weighted by molar-refractivity contribution is 5.16. The first-order valence-electron chi connectivity index (χ1n) is 18.7. The van der Waals surface area contributed by atoms with Crippen LogP contribution in [-0.4, -0.2) is 34.7 Å². The molecule has 4 heteroatoms. The van der Waals surface area contributed by atoms with Gasteiger partial charge < -0.3 is 15.2 Å². The number of fused-ring (bicyclic) bond motifs is 5. The quantitative estimate of drug-likeness (QED) is 0.241. The minimum absolute atomic E-state index is 0.507. The zero-order valence-corrected chi connectivity index (χ0v) is 28.8. The number of nitrogens with one attached hydrogen (secondary N) is 2. The molecule has 0 radical (unpaired) electrons. The van der Waals surface area contributed by atoms with Crippen LogP contribution in [0.5, 0.6) is 0 Å². The van der Waals surface area contributed by atoms with E-state index in [4.69, 9.17) is 0 Å². The van der Waals surface area contributed by atoms with Crippen LogP contribution in [0.4, 0.5) is 0 Å². The molecule has 0 saturated heterocycles. The summed E-state index contributed by atoms with van der Waals surface area (Å²) < 4.78 is 2.21. The van der Waals surface area contributed by atoms with E-state index in [1.165, 1.54) is 76.2 Å². The summed E-state index contributed by atoms with van der Waals surface area (Å²) in [7, 11) is 0. The maximum Gasteiger partial charge on any atom is 0.0946 e. The van der Waals surface area contributed by atoms with Crippen molar-refractivity contribution in [3.8, 4) is 0 Å². The first-order valence-corrected chi connectivity index (χ1v) is 18.7. The predicted molar refractivity (Wildman–Crippen MR) is 184 cm³/mol. The van der Waals surface area contributed by atoms with Gasteiger partial charge in [0.2, 0.25) is 0 Å². The van der Waals surface area contributed by atoms with Gasteiger partial charge in [-0.05, 0) is 122 Å². The van der Waals surface area contributed by atoms with Crippen LogP contribution in [0.15, 0.2) is 49.1 Å². The summed E-state index contributed by atoms with van der Waals surface area (Å²) >= 11 is 0. The van der Waals surface area contributed by atoms with Crippen molar-refractivity contribution in [2.45, 2.75) is 130 Å². The Balaban J connectivity index is 1.17. The second kappa shape index (κ2) is 14.0. The van der Waals surface area contributed by atoms with Gasteiger partial charge >= 0.3 is 0 Å². The second-order valence-corrected chi connectivity index (χ2v) is 16.8. The van der Waals surface area contributed by atoms with Crippen LogP contribution in [-0.2, 0) is 13.0 Å². The summed E-state index contributed by atoms with van der Waals surface area (Å²) in [4.78, 5) is 4.23. The second-order valence-electron chi connectivity index (χ2n) is 16.8. The van der Waals surface area contributed by atoms with E-state index < -0.39 is 0 Å². The standard InChI is InChI=1S/C40H64N4/c1-29(2)10-9-11-30(3)34-14-15-35-38-36(17-20-40(34,35)5)39(4)19-16-33(42-23-25-44-24-22-41-28-44)26-32(39)27-37(38)43-21-18-31-12-7-6-8-13-31/h6-8,12-13,22,24,28-30,32-38,42-43H,9-11,14-21,23,25-27H2,1-5H3/t30-,32-,33-,34-,35+,36+,37-,38+,39+,40-/m1/s1. The van der Waals surface area contributed by atoms with E-state index in [1.807, 2.05) is 12.5 Å². The van der Waals surface area contributed by atoms with E-state index in [0.717, 1.165) is 67.5 Å². The molecule has 0 aliphatic heterocycles. The molecular weight excluding hydrogens is 536 g/mol. The minimum atomic E-state index is 0.507. The molecule has 244 valence electrons. The third-order valence-corrected chi connectivity index (χ3v) is 13.9. The maximum absolute atomic E-state index is 4.29. The highest BCUT2D eigenvalue weighted by Gasteiger charge is 2.62. The number of rotatable bonds is 13. The lowest BCUT2D eigenvalue weighted by Crippen LogP contribution is -2.62. The number of aromatic nitrogens is 2. The SMILES string of the molecule is CC(C)CCC[C@@H](C)[C@H]1CC[C@H]2[C@@H]3[C@H](NCCc4ccccc4)C[C@H]4C[C@H](NCCn5ccnc5)CC[C@]4(C)[C@H]3CC[C@]12C. The first kappa shape index (κ1) is 32.3. The Bertz CT molecular complexity index is 1150. The molecule has 4 aliphatic carbocycles. The van der Waals surface area contributed by atoms with Crippen LogP contribution < -0.4 is 10.6 Å². The van der Waals surface area contributed by atoms with Gasteiger partial charge in [-0.25, -0.2) is 4.98 Å². The maximum atomic E-state index is 4.29. The topological polar surface area (TPSA) is 41.9 Å². The van der Waals surface area contributed by atoms with Gasteiger partial charge in [-0.2, -0.15) is 0 Å². The van der Waals surface area contributed by atoms with Gasteiger partial charge in [-0.15, -0.1) is 0 Å². The average molecular weight is 601 g/mol. The molecule has 6 rings (SSSR count). The molecule has 2 aromatic rings. The van der Waals surface area contributed by atoms with Gasteiger partial charge in [-0.1, -0.05) is 84.2 Å². The lowest BCUT2D eigenvalue weighted by atomic mass is 9.43. The van der Waals surface area contributed by atoms with Gasteiger partial charge in [0, 0.05) is 37.6 Å². The van der Waals surface area contributed by atoms with Crippen molar-refractivity contribution in [1.82, 2.24) is 20.2 Å². The summed E-state index contributed by atoms with van der Waals surface area (Å²) in [5.74, 6) is 6.10. The Hall–Kier alpha value is -1.65. The highest BCUT2D eigenvalue weighted by atomic mass is 15.1. The van der Waals surface area contributed by atoms with Crippen molar-refractivity contribution in [2.24, 2.45) is 52.3 Å². The number of benzene rings is 1. The van der Waals surface area contributed by atoms with Crippen LogP contribution in [0, 0.1) is 52.3 Å². The molecule has 10 atom stereocenters. The fraction of sp³-hybridized carbons (Fsp3) is 0.775. The Morgan fingerprint density at radius 1 is 0.886 bits per heavy atom. The van der Waals surface area contributed by atoms with Crippen molar-refractivity contribution in [3.63, 3.8) is 0 Å². The lowest BCUT2D eigenvalue weighted by molar-refractivity contribution is -0.131. The van der Waals surface area contributed by atoms with Crippen LogP contribution in [0.2, 0.25) is 0 Å². The number of hydrogen-bond donors (Lipinski definition) is 2. The Morgan fingerprint density at radius 3 is 2.45 bits per heavy atom. The molecule has 1 aromatic carbocycles. The first-order chi connectivity index (χ1) is 21.3. The number of hydrogen-bond acceptors (Lipinski definition) is 3. The van der Waals surface area contributed by atoms with Crippen molar-refractivity contribution in [1.29, 1.82) is 0 Å². The van der Waals surface area contributed by atoms with E-state index in [0.29, 0.717) is 22.9 Å². The van der Waals surface area contributed by atoms with Crippen LogP contribution in [0.25, 0.3) is 0 Å². The molecule has 2 N–H and O–H groups in total. The molecule has 4 saturated carbocycles. The van der Waals surface area contributed by atoms with Crippen molar-refractivity contribution in [2.75, 3.05) is 13.1 Å². The fourth-order valence-electron chi connectivity index (χ4n) is 11.6. The molecule has 4 fully saturated rings. The lowest BCUT2D eigenvalue weighted by Gasteiger charge is -2.63. The molecule has 4 aliphatic rings. The number of nitrogens with zero attached hydrogens (tertiary/aromatic N) is 2. The van der Waals surface area contributed by atoms with Crippen molar-refractivity contribution < 1.29 is 0 Å². The molecule has 1 heterocycles. The molecule has 0 amide bonds. The minimum Gasteiger partial charge on any atom is -0.336 e. The Labute approximate surface area is 270 Å². The zero-order valence-electron chi connectivity index (χ0n) is 28.8. The summed E-state index contributed by atoms with van der Waals surface area (Å²) in [5, 5.41) is 8.26. The molecule has 0 spiro atoms. The Kier molecular flexibility index (Phi) is 10.3. The smallest absolute Gasteiger partial charge is 0.0946 e. The summed E-state index contributed by atoms with van der Waals surface area (Å²) in [6, 6.07) is 12.5. The monoisotopic (exact) mass is 601 g/mol. The van der Waals surface area contributed by atoms with Gasteiger partial charge in [0.05, 0.1) is 6.33 Å². The van der Waals surface area contributed by atoms with E-state index in [1.54, 1.807) is 0 Å². The van der Waals surface area contributed by atoms with Crippen molar-refractivity contribution in [3.05, 3.63) is 54.6 Å². The van der Waals surface area contributed by atoms with Crippen LogP contribution >= 0.6 is 0 Å². The third-order valence-electron chi connectivity index (χ3n) is 13.9. The molecule has 0 unspecified atom stereocenters. The predicted octanol–water partition coefficient (Wildman–Crippen LogP) is 8.77. The highest BCUT2D eigenvalue weighted by Crippen LogP contribution is 2.68. The average Bonchev–Trinajstić information content (AvgIpc) is 3.65. The van der Waals surface area contributed by atoms with Gasteiger partial charge in [0.25, 0.3) is 0 Å². The van der Waals surface area contributed by atoms with Crippen LogP contribution in [0.3, 0.4) is 0 Å². The van der Waals surface area contributed by atoms with Gasteiger partial charge in [0.1, 0.15) is 0 Å². The molecule has 1 aromatic heterocycles. The molecule has 4 nitrogen and oxygen atoms in total. The van der Waals surface area contributed by atoms with Crippen LogP contribution in [0.1, 0.15) is 111 Å². The fourth-order valence-corrected chi connectivity index (χ4v) is 11.6. The summed E-state index contributed by atoms with van der Waals surface area (Å²) in [6.07, 6.45) is 22.7. The van der Waals surface area contributed by atoms with E-state index in [-0.39, 0.29) is 0 Å².